The Hall–Kier alpha value is -3.40. The first-order chi connectivity index (χ1) is 13.7. The maximum Gasteiger partial charge on any atom is 0.255 e. The summed E-state index contributed by atoms with van der Waals surface area (Å²) < 4.78 is 0. The molecule has 4 rings (SSSR count). The Balaban J connectivity index is 1.50. The van der Waals surface area contributed by atoms with Crippen LogP contribution < -0.4 is 10.2 Å². The average molecular weight is 370 g/mol. The van der Waals surface area contributed by atoms with Crippen LogP contribution in [0.15, 0.2) is 78.9 Å². The van der Waals surface area contributed by atoms with Gasteiger partial charge in [0.15, 0.2) is 5.78 Å². The van der Waals surface area contributed by atoms with Crippen LogP contribution in [0.3, 0.4) is 0 Å². The molecule has 0 aromatic heterocycles. The van der Waals surface area contributed by atoms with Gasteiger partial charge in [-0.3, -0.25) is 9.59 Å². The molecular formula is C24H22N2O2. The molecule has 1 fully saturated rings. The van der Waals surface area contributed by atoms with Gasteiger partial charge in [-0.15, -0.1) is 0 Å². The minimum absolute atomic E-state index is 0.0491. The van der Waals surface area contributed by atoms with Crippen LogP contribution in [0, 0.1) is 0 Å². The summed E-state index contributed by atoms with van der Waals surface area (Å²) in [6.07, 6.45) is 2.36. The van der Waals surface area contributed by atoms with E-state index in [-0.39, 0.29) is 11.7 Å². The molecule has 1 aliphatic heterocycles. The Bertz CT molecular complexity index is 975. The standard InChI is InChI=1S/C24H22N2O2/c27-23(18-8-2-1-3-9-18)19-12-14-20(15-13-19)24(28)25-21-10-4-5-11-22(21)26-16-6-7-17-26/h1-5,8-15H,6-7,16-17H2,(H,25,28). The Morgan fingerprint density at radius 1 is 0.679 bits per heavy atom. The predicted molar refractivity (Wildman–Crippen MR) is 112 cm³/mol. The number of hydrogen-bond acceptors (Lipinski definition) is 3. The summed E-state index contributed by atoms with van der Waals surface area (Å²) in [5.74, 6) is -0.225. The molecule has 0 radical (unpaired) electrons. The highest BCUT2D eigenvalue weighted by molar-refractivity contribution is 6.10. The van der Waals surface area contributed by atoms with Gasteiger partial charge < -0.3 is 10.2 Å². The summed E-state index contributed by atoms with van der Waals surface area (Å²) in [5, 5.41) is 3.02. The minimum Gasteiger partial charge on any atom is -0.370 e. The van der Waals surface area contributed by atoms with Crippen molar-refractivity contribution in [3.63, 3.8) is 0 Å². The van der Waals surface area contributed by atoms with E-state index in [1.54, 1.807) is 36.4 Å². The lowest BCUT2D eigenvalue weighted by atomic mass is 10.0. The van der Waals surface area contributed by atoms with E-state index in [1.165, 1.54) is 12.8 Å². The number of anilines is 2. The molecule has 1 aliphatic rings. The van der Waals surface area contributed by atoms with Crippen molar-refractivity contribution in [1.29, 1.82) is 0 Å². The van der Waals surface area contributed by atoms with Gasteiger partial charge in [0.1, 0.15) is 0 Å². The molecule has 4 nitrogen and oxygen atoms in total. The molecule has 28 heavy (non-hydrogen) atoms. The van der Waals surface area contributed by atoms with E-state index < -0.39 is 0 Å². The van der Waals surface area contributed by atoms with Crippen LogP contribution in [-0.4, -0.2) is 24.8 Å². The predicted octanol–water partition coefficient (Wildman–Crippen LogP) is 4.77. The Morgan fingerprint density at radius 2 is 1.25 bits per heavy atom. The number of nitrogens with zero attached hydrogens (tertiary/aromatic N) is 1. The fraction of sp³-hybridized carbons (Fsp3) is 0.167. The van der Waals surface area contributed by atoms with Gasteiger partial charge in [0.25, 0.3) is 5.91 Å². The highest BCUT2D eigenvalue weighted by Crippen LogP contribution is 2.29. The number of nitrogens with one attached hydrogen (secondary N) is 1. The highest BCUT2D eigenvalue weighted by atomic mass is 16.1. The molecule has 0 atom stereocenters. The third-order valence-corrected chi connectivity index (χ3v) is 5.04. The topological polar surface area (TPSA) is 49.4 Å². The van der Waals surface area contributed by atoms with Crippen molar-refractivity contribution in [2.24, 2.45) is 0 Å². The molecule has 3 aromatic carbocycles. The maximum absolute atomic E-state index is 12.7. The minimum atomic E-state index is -0.176. The first-order valence-electron chi connectivity index (χ1n) is 9.57. The number of carbonyl (C=O) groups excluding carboxylic acids is 2. The summed E-state index contributed by atoms with van der Waals surface area (Å²) >= 11 is 0. The zero-order chi connectivity index (χ0) is 19.3. The SMILES string of the molecule is O=C(Nc1ccccc1N1CCCC1)c1ccc(C(=O)c2ccccc2)cc1. The number of ketones is 1. The van der Waals surface area contributed by atoms with E-state index in [9.17, 15) is 9.59 Å². The van der Waals surface area contributed by atoms with Gasteiger partial charge in [0.2, 0.25) is 0 Å². The zero-order valence-electron chi connectivity index (χ0n) is 15.6. The summed E-state index contributed by atoms with van der Waals surface area (Å²) in [5.41, 5.74) is 3.61. The van der Waals surface area contributed by atoms with Crippen LogP contribution in [0.1, 0.15) is 39.1 Å². The zero-order valence-corrected chi connectivity index (χ0v) is 15.6. The number of rotatable bonds is 5. The third kappa shape index (κ3) is 3.81. The third-order valence-electron chi connectivity index (χ3n) is 5.04. The number of amides is 1. The molecular weight excluding hydrogens is 348 g/mol. The van der Waals surface area contributed by atoms with Gasteiger partial charge in [-0.25, -0.2) is 0 Å². The molecule has 0 aliphatic carbocycles. The monoisotopic (exact) mass is 370 g/mol. The fourth-order valence-corrected chi connectivity index (χ4v) is 3.54. The molecule has 1 heterocycles. The second-order valence-corrected chi connectivity index (χ2v) is 6.94. The van der Waals surface area contributed by atoms with E-state index in [0.29, 0.717) is 16.7 Å². The molecule has 4 heteroatoms. The van der Waals surface area contributed by atoms with Crippen LogP contribution in [0.25, 0.3) is 0 Å². The quantitative estimate of drug-likeness (QED) is 0.658. The lowest BCUT2D eigenvalue weighted by molar-refractivity contribution is 0.102. The van der Waals surface area contributed by atoms with Crippen molar-refractivity contribution in [1.82, 2.24) is 0 Å². The largest absolute Gasteiger partial charge is 0.370 e. The lowest BCUT2D eigenvalue weighted by Gasteiger charge is -2.21. The number of hydrogen-bond donors (Lipinski definition) is 1. The van der Waals surface area contributed by atoms with Crippen molar-refractivity contribution in [2.45, 2.75) is 12.8 Å². The van der Waals surface area contributed by atoms with Crippen molar-refractivity contribution >= 4 is 23.1 Å². The number of carbonyl (C=O) groups is 2. The van der Waals surface area contributed by atoms with Crippen molar-refractivity contribution in [3.05, 3.63) is 95.6 Å². The highest BCUT2D eigenvalue weighted by Gasteiger charge is 2.17. The average Bonchev–Trinajstić information content (AvgIpc) is 3.29. The molecule has 1 amide bonds. The molecule has 1 saturated heterocycles. The summed E-state index contributed by atoms with van der Waals surface area (Å²) in [4.78, 5) is 27.5. The van der Waals surface area contributed by atoms with Crippen LogP contribution in [0.5, 0.6) is 0 Å². The summed E-state index contributed by atoms with van der Waals surface area (Å²) in [7, 11) is 0. The lowest BCUT2D eigenvalue weighted by Crippen LogP contribution is -2.21. The fourth-order valence-electron chi connectivity index (χ4n) is 3.54. The van der Waals surface area contributed by atoms with E-state index >= 15 is 0 Å². The summed E-state index contributed by atoms with van der Waals surface area (Å²) in [6, 6.07) is 23.8. The van der Waals surface area contributed by atoms with Gasteiger partial charge in [0, 0.05) is 29.8 Å². The molecule has 3 aromatic rings. The maximum atomic E-state index is 12.7. The Kier molecular flexibility index (Phi) is 5.20. The molecule has 0 spiro atoms. The van der Waals surface area contributed by atoms with Gasteiger partial charge in [-0.1, -0.05) is 54.6 Å². The smallest absolute Gasteiger partial charge is 0.255 e. The first kappa shape index (κ1) is 18.0. The second-order valence-electron chi connectivity index (χ2n) is 6.94. The van der Waals surface area contributed by atoms with Gasteiger partial charge in [-0.2, -0.15) is 0 Å². The van der Waals surface area contributed by atoms with Crippen LogP contribution >= 0.6 is 0 Å². The Morgan fingerprint density at radius 3 is 1.96 bits per heavy atom. The first-order valence-corrected chi connectivity index (χ1v) is 9.57. The molecule has 140 valence electrons. The Labute approximate surface area is 164 Å². The van der Waals surface area contributed by atoms with Crippen molar-refractivity contribution in [2.75, 3.05) is 23.3 Å². The van der Waals surface area contributed by atoms with E-state index in [2.05, 4.69) is 10.2 Å². The second kappa shape index (κ2) is 8.09. The van der Waals surface area contributed by atoms with Crippen LogP contribution in [0.2, 0.25) is 0 Å². The molecule has 0 bridgehead atoms. The molecule has 0 saturated carbocycles. The van der Waals surface area contributed by atoms with Crippen LogP contribution in [0.4, 0.5) is 11.4 Å². The van der Waals surface area contributed by atoms with E-state index in [1.807, 2.05) is 42.5 Å². The van der Waals surface area contributed by atoms with Crippen LogP contribution in [-0.2, 0) is 0 Å². The van der Waals surface area contributed by atoms with Crippen molar-refractivity contribution in [3.8, 4) is 0 Å². The molecule has 1 N–H and O–H groups in total. The normalized spacial score (nSPS) is 13.4. The number of benzene rings is 3. The van der Waals surface area contributed by atoms with E-state index in [0.717, 1.165) is 24.5 Å². The van der Waals surface area contributed by atoms with Crippen molar-refractivity contribution < 1.29 is 9.59 Å². The summed E-state index contributed by atoms with van der Waals surface area (Å²) in [6.45, 7) is 2.03. The van der Waals surface area contributed by atoms with E-state index in [4.69, 9.17) is 0 Å². The van der Waals surface area contributed by atoms with Gasteiger partial charge >= 0.3 is 0 Å². The number of para-hydroxylation sites is 2. The molecule has 0 unspecified atom stereocenters. The van der Waals surface area contributed by atoms with Gasteiger partial charge in [-0.05, 0) is 37.1 Å². The van der Waals surface area contributed by atoms with Gasteiger partial charge in [0.05, 0.1) is 11.4 Å².